The van der Waals surface area contributed by atoms with Gasteiger partial charge in [0.15, 0.2) is 0 Å². The lowest BCUT2D eigenvalue weighted by molar-refractivity contribution is -0.131. The first-order valence-corrected chi connectivity index (χ1v) is 13.9. The number of hydrogen-bond acceptors (Lipinski definition) is 6. The summed E-state index contributed by atoms with van der Waals surface area (Å²) in [6.07, 6.45) is 2.95. The van der Waals surface area contributed by atoms with E-state index >= 15 is 0 Å². The second-order valence-corrected chi connectivity index (χ2v) is 10.8. The van der Waals surface area contributed by atoms with Crippen LogP contribution in [-0.2, 0) is 30.3 Å². The van der Waals surface area contributed by atoms with Crippen LogP contribution in [0, 0.1) is 0 Å². The Morgan fingerprint density at radius 1 is 0.919 bits per heavy atom. The molecule has 1 aromatic rings. The van der Waals surface area contributed by atoms with E-state index in [1.54, 1.807) is 0 Å². The highest BCUT2D eigenvalue weighted by molar-refractivity contribution is 7.52. The van der Waals surface area contributed by atoms with Crippen LogP contribution >= 0.6 is 7.60 Å². The zero-order valence-corrected chi connectivity index (χ0v) is 22.7. The van der Waals surface area contributed by atoms with Gasteiger partial charge in [-0.05, 0) is 32.8 Å². The van der Waals surface area contributed by atoms with E-state index in [-0.39, 0.29) is 13.2 Å². The highest BCUT2D eigenvalue weighted by Crippen LogP contribution is 2.39. The maximum Gasteiger partial charge on any atom is 0.410 e. The second-order valence-electron chi connectivity index (χ2n) is 8.82. The minimum atomic E-state index is -4.52. The van der Waals surface area contributed by atoms with Gasteiger partial charge in [0, 0.05) is 6.54 Å². The van der Waals surface area contributed by atoms with Gasteiger partial charge < -0.3 is 30.5 Å². The van der Waals surface area contributed by atoms with Crippen molar-refractivity contribution in [2.75, 3.05) is 13.1 Å². The lowest BCUT2D eigenvalue weighted by Crippen LogP contribution is -2.53. The molecule has 0 aliphatic carbocycles. The number of carbonyl (C=O) groups excluding carboxylic acids is 4. The van der Waals surface area contributed by atoms with Crippen LogP contribution in [0.5, 0.6) is 0 Å². The third-order valence-electron chi connectivity index (χ3n) is 5.46. The molecule has 0 bridgehead atoms. The molecule has 13 heteroatoms. The summed E-state index contributed by atoms with van der Waals surface area (Å²) in [4.78, 5) is 69.3. The van der Waals surface area contributed by atoms with Gasteiger partial charge in [0.25, 0.3) is 0 Å². The minimum absolute atomic E-state index is 0.0617. The zero-order valence-electron chi connectivity index (χ0n) is 21.8. The fraction of sp³-hybridized carbons (Fsp3) is 0.583. The van der Waals surface area contributed by atoms with E-state index in [1.165, 1.54) is 18.7 Å². The first-order chi connectivity index (χ1) is 17.3. The van der Waals surface area contributed by atoms with Crippen LogP contribution in [0.2, 0.25) is 0 Å². The maximum absolute atomic E-state index is 12.7. The van der Waals surface area contributed by atoms with Crippen molar-refractivity contribution in [2.24, 2.45) is 0 Å². The molecule has 1 aromatic carbocycles. The molecule has 5 N–H and O–H groups in total. The third-order valence-corrected chi connectivity index (χ3v) is 6.60. The fourth-order valence-electron chi connectivity index (χ4n) is 3.12. The highest BCUT2D eigenvalue weighted by atomic mass is 31.2. The molecule has 0 spiro atoms. The van der Waals surface area contributed by atoms with E-state index in [0.717, 1.165) is 31.7 Å². The fourth-order valence-corrected chi connectivity index (χ4v) is 3.42. The predicted octanol–water partition coefficient (Wildman–Crippen LogP) is 1.85. The van der Waals surface area contributed by atoms with Crippen molar-refractivity contribution in [2.45, 2.75) is 77.9 Å². The summed E-state index contributed by atoms with van der Waals surface area (Å²) in [6, 6.07) is 7.00. The van der Waals surface area contributed by atoms with E-state index < -0.39 is 49.3 Å². The summed E-state index contributed by atoms with van der Waals surface area (Å²) < 4.78 is 16.6. The van der Waals surface area contributed by atoms with Gasteiger partial charge in [0.05, 0.1) is 0 Å². The van der Waals surface area contributed by atoms with Crippen LogP contribution in [-0.4, -0.2) is 69.5 Å². The number of rotatable bonds is 15. The Bertz CT molecular complexity index is 940. The molecule has 37 heavy (non-hydrogen) atoms. The number of amides is 4. The van der Waals surface area contributed by atoms with Crippen molar-refractivity contribution >= 4 is 31.4 Å². The number of hydrogen-bond donors (Lipinski definition) is 5. The summed E-state index contributed by atoms with van der Waals surface area (Å²) in [5.74, 6) is -3.47. The average molecular weight is 543 g/mol. The quantitative estimate of drug-likeness (QED) is 0.165. The van der Waals surface area contributed by atoms with E-state index in [9.17, 15) is 23.7 Å². The molecule has 0 saturated carbocycles. The van der Waals surface area contributed by atoms with E-state index in [2.05, 4.69) is 22.9 Å². The highest BCUT2D eigenvalue weighted by Gasteiger charge is 2.29. The summed E-state index contributed by atoms with van der Waals surface area (Å²) in [5.41, 5.74) is 0.810. The van der Waals surface area contributed by atoms with Gasteiger partial charge in [-0.2, -0.15) is 0 Å². The van der Waals surface area contributed by atoms with Crippen LogP contribution < -0.4 is 16.0 Å². The van der Waals surface area contributed by atoms with Crippen LogP contribution in [0.1, 0.15) is 58.9 Å². The van der Waals surface area contributed by atoms with Gasteiger partial charge in [-0.15, -0.1) is 0 Å². The van der Waals surface area contributed by atoms with Crippen molar-refractivity contribution in [1.82, 2.24) is 20.9 Å². The monoisotopic (exact) mass is 542 g/mol. The topological polar surface area (TPSA) is 174 Å². The molecule has 1 rings (SSSR count). The predicted molar refractivity (Wildman–Crippen MR) is 137 cm³/mol. The number of carbonyl (C=O) groups is 4. The Morgan fingerprint density at radius 2 is 1.51 bits per heavy atom. The van der Waals surface area contributed by atoms with Gasteiger partial charge in [-0.3, -0.25) is 23.8 Å². The number of unbranched alkanes of at least 4 members (excludes halogenated alkanes) is 3. The Hall–Kier alpha value is -2.95. The standard InChI is InChI=1S/C24H39N4O8P/c1-5-6-7-11-14-28(24(32)36-16-20-12-9-8-10-13-20)15-21(29)25-17(2)22(30)26-18(3)23(31)27-19(4)37(33,34)35/h8-10,12-13,17-19H,5-7,11,14-16H2,1-4H3,(H,25,29)(H,26,30)(H,27,31)(H2,33,34,35)/t17-,18-,19+/m0/s1. The molecule has 0 aliphatic heterocycles. The number of nitrogens with zero attached hydrogens (tertiary/aromatic N) is 1. The lowest BCUT2D eigenvalue weighted by atomic mass is 10.2. The summed E-state index contributed by atoms with van der Waals surface area (Å²) in [5, 5.41) is 7.01. The summed E-state index contributed by atoms with van der Waals surface area (Å²) in [6.45, 7) is 6.03. The van der Waals surface area contributed by atoms with Gasteiger partial charge in [0.1, 0.15) is 31.0 Å². The van der Waals surface area contributed by atoms with Crippen molar-refractivity contribution in [3.05, 3.63) is 35.9 Å². The van der Waals surface area contributed by atoms with Crippen LogP contribution in [0.15, 0.2) is 30.3 Å². The molecule has 0 heterocycles. The maximum atomic E-state index is 12.7. The number of benzene rings is 1. The van der Waals surface area contributed by atoms with Crippen LogP contribution in [0.25, 0.3) is 0 Å². The van der Waals surface area contributed by atoms with Gasteiger partial charge >= 0.3 is 13.7 Å². The average Bonchev–Trinajstić information content (AvgIpc) is 2.84. The van der Waals surface area contributed by atoms with Crippen molar-refractivity contribution in [3.8, 4) is 0 Å². The third kappa shape index (κ3) is 12.7. The SMILES string of the molecule is CCCCCCN(CC(=O)N[C@@H](C)C(=O)N[C@@H](C)C(=O)N[C@@H](C)P(=O)(O)O)C(=O)OCc1ccccc1. The molecule has 12 nitrogen and oxygen atoms in total. The van der Waals surface area contributed by atoms with Crippen molar-refractivity contribution in [1.29, 1.82) is 0 Å². The molecule has 4 amide bonds. The van der Waals surface area contributed by atoms with Crippen LogP contribution in [0.4, 0.5) is 4.79 Å². The van der Waals surface area contributed by atoms with Gasteiger partial charge in [-0.25, -0.2) is 4.79 Å². The molecular formula is C24H39N4O8P. The molecule has 0 saturated heterocycles. The molecule has 0 aliphatic rings. The normalized spacial score (nSPS) is 13.6. The van der Waals surface area contributed by atoms with Gasteiger partial charge in [0.2, 0.25) is 17.7 Å². The van der Waals surface area contributed by atoms with E-state index in [0.29, 0.717) is 13.0 Å². The molecule has 0 fully saturated rings. The molecule has 0 radical (unpaired) electrons. The molecule has 0 aromatic heterocycles. The van der Waals surface area contributed by atoms with Crippen LogP contribution in [0.3, 0.4) is 0 Å². The smallest absolute Gasteiger partial charge is 0.410 e. The Balaban J connectivity index is 2.65. The van der Waals surface area contributed by atoms with Crippen molar-refractivity contribution in [3.63, 3.8) is 0 Å². The summed E-state index contributed by atoms with van der Waals surface area (Å²) >= 11 is 0. The molecular weight excluding hydrogens is 503 g/mol. The zero-order chi connectivity index (χ0) is 28.0. The minimum Gasteiger partial charge on any atom is -0.445 e. The summed E-state index contributed by atoms with van der Waals surface area (Å²) in [7, 11) is -4.52. The largest absolute Gasteiger partial charge is 0.445 e. The first-order valence-electron chi connectivity index (χ1n) is 12.3. The van der Waals surface area contributed by atoms with E-state index in [4.69, 9.17) is 14.5 Å². The first kappa shape index (κ1) is 32.1. The number of ether oxygens (including phenoxy) is 1. The molecule has 3 atom stereocenters. The lowest BCUT2D eigenvalue weighted by Gasteiger charge is -2.24. The van der Waals surface area contributed by atoms with Gasteiger partial charge in [-0.1, -0.05) is 56.5 Å². The Morgan fingerprint density at radius 3 is 2.11 bits per heavy atom. The Labute approximate surface area is 217 Å². The number of nitrogens with one attached hydrogen (secondary N) is 3. The van der Waals surface area contributed by atoms with Crippen molar-refractivity contribution < 1.29 is 38.3 Å². The van der Waals surface area contributed by atoms with E-state index in [1.807, 2.05) is 30.3 Å². The second kappa shape index (κ2) is 16.0. The molecule has 0 unspecified atom stereocenters. The Kier molecular flexibility index (Phi) is 13.9. The molecule has 208 valence electrons.